The van der Waals surface area contributed by atoms with Crippen LogP contribution in [-0.4, -0.2) is 37.6 Å². The first-order chi connectivity index (χ1) is 8.96. The number of thioether (sulfide) groups is 1. The van der Waals surface area contributed by atoms with Gasteiger partial charge in [-0.25, -0.2) is 4.98 Å². The highest BCUT2D eigenvalue weighted by Gasteiger charge is 2.34. The number of nitrogens with zero attached hydrogens (tertiary/aromatic N) is 2. The molecule has 0 saturated carbocycles. The van der Waals surface area contributed by atoms with Gasteiger partial charge in [0.05, 0.1) is 5.69 Å². The van der Waals surface area contributed by atoms with Crippen molar-refractivity contribution in [3.63, 3.8) is 0 Å². The summed E-state index contributed by atoms with van der Waals surface area (Å²) in [6.45, 7) is 5.76. The van der Waals surface area contributed by atoms with Crippen molar-refractivity contribution >= 4 is 28.2 Å². The van der Waals surface area contributed by atoms with E-state index in [4.69, 9.17) is 4.98 Å². The molecule has 1 N–H and O–H groups in total. The summed E-state index contributed by atoms with van der Waals surface area (Å²) in [5, 5.41) is 4.64. The van der Waals surface area contributed by atoms with Crippen molar-refractivity contribution in [1.29, 1.82) is 0 Å². The fourth-order valence-electron chi connectivity index (χ4n) is 2.64. The molecule has 5 heteroatoms. The van der Waals surface area contributed by atoms with Crippen LogP contribution in [-0.2, 0) is 6.42 Å². The van der Waals surface area contributed by atoms with E-state index in [2.05, 4.69) is 44.4 Å². The largest absolute Gasteiger partial charge is 0.350 e. The number of rotatable bonds is 5. The summed E-state index contributed by atoms with van der Waals surface area (Å²) < 4.78 is 0. The Bertz CT molecular complexity index is 428. The Morgan fingerprint density at radius 2 is 2.26 bits per heavy atom. The zero-order chi connectivity index (χ0) is 14.0. The zero-order valence-electron chi connectivity index (χ0n) is 12.6. The molecule has 2 rings (SSSR count). The van der Waals surface area contributed by atoms with Crippen molar-refractivity contribution in [2.24, 2.45) is 5.41 Å². The third kappa shape index (κ3) is 3.44. The average molecular weight is 300 g/mol. The molecule has 1 aromatic rings. The van der Waals surface area contributed by atoms with Crippen molar-refractivity contribution in [2.75, 3.05) is 37.5 Å². The predicted molar refractivity (Wildman–Crippen MR) is 87.7 cm³/mol. The molecule has 0 saturated heterocycles. The number of hydrogen-bond donors (Lipinski definition) is 1. The molecule has 19 heavy (non-hydrogen) atoms. The van der Waals surface area contributed by atoms with Gasteiger partial charge in [0.15, 0.2) is 5.13 Å². The lowest BCUT2D eigenvalue weighted by Gasteiger charge is -2.34. The molecule has 0 amide bonds. The standard InChI is InChI=1S/C14H25N3S2/c1-14(2)8-10(15-3)12-11(9-14)16-13(19-12)17(4)6-7-18-5/h10,15H,6-9H2,1-5H3. The maximum absolute atomic E-state index is 4.89. The van der Waals surface area contributed by atoms with Crippen molar-refractivity contribution in [3.8, 4) is 0 Å². The Hall–Kier alpha value is -0.260. The second kappa shape index (κ2) is 6.02. The Kier molecular flexibility index (Phi) is 4.79. The lowest BCUT2D eigenvalue weighted by molar-refractivity contribution is 0.265. The number of hydrogen-bond acceptors (Lipinski definition) is 5. The Morgan fingerprint density at radius 1 is 1.53 bits per heavy atom. The minimum Gasteiger partial charge on any atom is -0.350 e. The van der Waals surface area contributed by atoms with E-state index in [0.717, 1.165) is 18.7 Å². The van der Waals surface area contributed by atoms with E-state index in [0.29, 0.717) is 11.5 Å². The molecular formula is C14H25N3S2. The van der Waals surface area contributed by atoms with Gasteiger partial charge in [0.1, 0.15) is 0 Å². The van der Waals surface area contributed by atoms with Gasteiger partial charge in [-0.2, -0.15) is 11.8 Å². The summed E-state index contributed by atoms with van der Waals surface area (Å²) in [6, 6.07) is 0.471. The second-order valence-corrected chi connectivity index (χ2v) is 8.10. The first kappa shape index (κ1) is 15.1. The molecular weight excluding hydrogens is 274 g/mol. The van der Waals surface area contributed by atoms with Crippen LogP contribution >= 0.6 is 23.1 Å². The molecule has 1 heterocycles. The molecule has 1 unspecified atom stereocenters. The summed E-state index contributed by atoms with van der Waals surface area (Å²) in [5.41, 5.74) is 1.66. The highest BCUT2D eigenvalue weighted by atomic mass is 32.2. The van der Waals surface area contributed by atoms with Crippen LogP contribution in [0.15, 0.2) is 0 Å². The van der Waals surface area contributed by atoms with Gasteiger partial charge in [-0.3, -0.25) is 0 Å². The SMILES string of the molecule is CNC1CC(C)(C)Cc2nc(N(C)CCSC)sc21. The molecule has 0 spiro atoms. The molecule has 0 fully saturated rings. The molecule has 1 atom stereocenters. The number of anilines is 1. The lowest BCUT2D eigenvalue weighted by atomic mass is 9.76. The van der Waals surface area contributed by atoms with Crippen LogP contribution in [0.5, 0.6) is 0 Å². The molecule has 0 aliphatic heterocycles. The van der Waals surface area contributed by atoms with E-state index in [1.54, 1.807) is 0 Å². The van der Waals surface area contributed by atoms with Crippen molar-refractivity contribution in [2.45, 2.75) is 32.7 Å². The first-order valence-corrected chi connectivity index (χ1v) is 9.05. The summed E-state index contributed by atoms with van der Waals surface area (Å²) >= 11 is 3.76. The average Bonchev–Trinajstić information content (AvgIpc) is 2.77. The van der Waals surface area contributed by atoms with Crippen LogP contribution in [0.4, 0.5) is 5.13 Å². The normalized spacial score (nSPS) is 21.2. The summed E-state index contributed by atoms with van der Waals surface area (Å²) in [4.78, 5) is 8.64. The minimum absolute atomic E-state index is 0.351. The van der Waals surface area contributed by atoms with Gasteiger partial charge in [-0.15, -0.1) is 0 Å². The van der Waals surface area contributed by atoms with Gasteiger partial charge in [-0.1, -0.05) is 25.2 Å². The van der Waals surface area contributed by atoms with E-state index in [9.17, 15) is 0 Å². The number of thiazole rings is 1. The van der Waals surface area contributed by atoms with Crippen LogP contribution < -0.4 is 10.2 Å². The molecule has 108 valence electrons. The van der Waals surface area contributed by atoms with Gasteiger partial charge in [-0.05, 0) is 31.6 Å². The number of fused-ring (bicyclic) bond motifs is 1. The Morgan fingerprint density at radius 3 is 2.89 bits per heavy atom. The summed E-state index contributed by atoms with van der Waals surface area (Å²) in [7, 11) is 4.21. The molecule has 0 radical (unpaired) electrons. The van der Waals surface area contributed by atoms with E-state index in [1.807, 2.05) is 23.1 Å². The summed E-state index contributed by atoms with van der Waals surface area (Å²) in [5.74, 6) is 1.15. The van der Waals surface area contributed by atoms with Crippen LogP contribution in [0.2, 0.25) is 0 Å². The highest BCUT2D eigenvalue weighted by molar-refractivity contribution is 7.98. The van der Waals surface area contributed by atoms with Crippen LogP contribution in [0, 0.1) is 5.41 Å². The van der Waals surface area contributed by atoms with Gasteiger partial charge in [0.2, 0.25) is 0 Å². The predicted octanol–water partition coefficient (Wildman–Crippen LogP) is 3.18. The molecule has 3 nitrogen and oxygen atoms in total. The molecule has 0 bridgehead atoms. The molecule has 1 aliphatic rings. The van der Waals surface area contributed by atoms with Gasteiger partial charge in [0, 0.05) is 30.3 Å². The molecule has 1 aromatic heterocycles. The number of nitrogens with one attached hydrogen (secondary N) is 1. The topological polar surface area (TPSA) is 28.2 Å². The van der Waals surface area contributed by atoms with E-state index >= 15 is 0 Å². The van der Waals surface area contributed by atoms with Gasteiger partial charge >= 0.3 is 0 Å². The van der Waals surface area contributed by atoms with Crippen molar-refractivity contribution in [3.05, 3.63) is 10.6 Å². The van der Waals surface area contributed by atoms with E-state index in [1.165, 1.54) is 22.1 Å². The van der Waals surface area contributed by atoms with Gasteiger partial charge in [0.25, 0.3) is 0 Å². The maximum atomic E-state index is 4.89. The van der Waals surface area contributed by atoms with Gasteiger partial charge < -0.3 is 10.2 Å². The lowest BCUT2D eigenvalue weighted by Crippen LogP contribution is -2.30. The molecule has 1 aliphatic carbocycles. The highest BCUT2D eigenvalue weighted by Crippen LogP contribution is 2.44. The van der Waals surface area contributed by atoms with E-state index < -0.39 is 0 Å². The Labute approximate surface area is 125 Å². The van der Waals surface area contributed by atoms with Crippen LogP contribution in [0.3, 0.4) is 0 Å². The smallest absolute Gasteiger partial charge is 0.185 e. The monoisotopic (exact) mass is 299 g/mol. The zero-order valence-corrected chi connectivity index (χ0v) is 14.2. The van der Waals surface area contributed by atoms with Crippen LogP contribution in [0.25, 0.3) is 0 Å². The van der Waals surface area contributed by atoms with Crippen molar-refractivity contribution < 1.29 is 0 Å². The fourth-order valence-corrected chi connectivity index (χ4v) is 4.28. The first-order valence-electron chi connectivity index (χ1n) is 6.84. The maximum Gasteiger partial charge on any atom is 0.185 e. The third-order valence-corrected chi connectivity index (χ3v) is 5.66. The minimum atomic E-state index is 0.351. The number of aromatic nitrogens is 1. The third-order valence-electron chi connectivity index (χ3n) is 3.74. The fraction of sp³-hybridized carbons (Fsp3) is 0.786. The molecule has 0 aromatic carbocycles. The second-order valence-electron chi connectivity index (χ2n) is 6.11. The van der Waals surface area contributed by atoms with Crippen molar-refractivity contribution in [1.82, 2.24) is 10.3 Å². The summed E-state index contributed by atoms with van der Waals surface area (Å²) in [6.07, 6.45) is 4.46. The van der Waals surface area contributed by atoms with Crippen LogP contribution in [0.1, 0.15) is 36.9 Å². The Balaban J connectivity index is 2.21. The van der Waals surface area contributed by atoms with E-state index in [-0.39, 0.29) is 0 Å². The quantitative estimate of drug-likeness (QED) is 0.904.